The first-order valence-electron chi connectivity index (χ1n) is 9.68. The summed E-state index contributed by atoms with van der Waals surface area (Å²) in [5.41, 5.74) is 7.21. The van der Waals surface area contributed by atoms with Crippen LogP contribution < -0.4 is 10.9 Å². The number of amides is 2. The first-order chi connectivity index (χ1) is 15.2. The minimum atomic E-state index is -0.433. The Hall–Kier alpha value is -4.11. The number of hydrogen-bond acceptors (Lipinski definition) is 6. The van der Waals surface area contributed by atoms with Gasteiger partial charge in [-0.3, -0.25) is 25.4 Å². The molecule has 0 saturated heterocycles. The molecule has 0 fully saturated rings. The van der Waals surface area contributed by atoms with Crippen LogP contribution in [0, 0.1) is 0 Å². The minimum absolute atomic E-state index is 0.390. The summed E-state index contributed by atoms with van der Waals surface area (Å²) in [7, 11) is 0. The Labute approximate surface area is 178 Å². The second-order valence-electron chi connectivity index (χ2n) is 6.65. The Balaban J connectivity index is 1.39. The molecule has 4 aromatic rings. The van der Waals surface area contributed by atoms with E-state index in [-0.39, 0.29) is 0 Å². The molecule has 0 aliphatic heterocycles. The molecule has 31 heavy (non-hydrogen) atoms. The number of benzene rings is 2. The van der Waals surface area contributed by atoms with Gasteiger partial charge < -0.3 is 4.74 Å². The standard InChI is InChI=1S/C22H20N6O3/c1-2-31-14-17-13-28(27-24-17)18-8-6-15(7-9-18)21(29)25-26-22(30)20-5-3-4-16-12-23-11-10-19(16)20/h3-13H,2,14H2,1H3,(H,25,29)(H,26,30). The zero-order valence-corrected chi connectivity index (χ0v) is 16.8. The zero-order valence-electron chi connectivity index (χ0n) is 16.8. The normalized spacial score (nSPS) is 10.7. The summed E-state index contributed by atoms with van der Waals surface area (Å²) < 4.78 is 6.92. The van der Waals surface area contributed by atoms with Crippen LogP contribution in [-0.2, 0) is 11.3 Å². The number of fused-ring (bicyclic) bond motifs is 1. The fraction of sp³-hybridized carbons (Fsp3) is 0.136. The molecule has 4 rings (SSSR count). The summed E-state index contributed by atoms with van der Waals surface area (Å²) in [5, 5.41) is 9.70. The summed E-state index contributed by atoms with van der Waals surface area (Å²) >= 11 is 0. The van der Waals surface area contributed by atoms with Crippen molar-refractivity contribution < 1.29 is 14.3 Å². The number of hydrazine groups is 1. The van der Waals surface area contributed by atoms with Gasteiger partial charge >= 0.3 is 0 Å². The topological polar surface area (TPSA) is 111 Å². The lowest BCUT2D eigenvalue weighted by Gasteiger charge is -2.09. The lowest BCUT2D eigenvalue weighted by Crippen LogP contribution is -2.41. The lowest BCUT2D eigenvalue weighted by molar-refractivity contribution is 0.0847. The maximum absolute atomic E-state index is 12.5. The Morgan fingerprint density at radius 3 is 2.65 bits per heavy atom. The van der Waals surface area contributed by atoms with Crippen molar-refractivity contribution in [1.29, 1.82) is 0 Å². The van der Waals surface area contributed by atoms with Crippen LogP contribution in [0.5, 0.6) is 0 Å². The highest BCUT2D eigenvalue weighted by molar-refractivity contribution is 6.07. The molecule has 9 nitrogen and oxygen atoms in total. The van der Waals surface area contributed by atoms with Gasteiger partial charge in [-0.1, -0.05) is 17.3 Å². The molecule has 0 atom stereocenters. The summed E-state index contributed by atoms with van der Waals surface area (Å²) in [6, 6.07) is 13.9. The third-order valence-electron chi connectivity index (χ3n) is 4.60. The Kier molecular flexibility index (Phi) is 5.95. The predicted octanol–water partition coefficient (Wildman–Crippen LogP) is 2.43. The molecule has 2 amide bonds. The third-order valence-corrected chi connectivity index (χ3v) is 4.60. The van der Waals surface area contributed by atoms with Crippen LogP contribution in [0.4, 0.5) is 0 Å². The van der Waals surface area contributed by atoms with Crippen molar-refractivity contribution in [3.63, 3.8) is 0 Å². The van der Waals surface area contributed by atoms with E-state index < -0.39 is 11.8 Å². The molecule has 2 aromatic carbocycles. The molecule has 0 saturated carbocycles. The number of aromatic nitrogens is 4. The molecule has 2 N–H and O–H groups in total. The third kappa shape index (κ3) is 4.57. The smallest absolute Gasteiger partial charge is 0.270 e. The van der Waals surface area contributed by atoms with E-state index in [4.69, 9.17) is 4.74 Å². The maximum atomic E-state index is 12.5. The van der Waals surface area contributed by atoms with Gasteiger partial charge in [-0.05, 0) is 48.7 Å². The first-order valence-corrected chi connectivity index (χ1v) is 9.68. The van der Waals surface area contributed by atoms with E-state index in [2.05, 4.69) is 26.1 Å². The van der Waals surface area contributed by atoms with Crippen molar-refractivity contribution >= 4 is 22.6 Å². The van der Waals surface area contributed by atoms with Gasteiger partial charge in [0.05, 0.1) is 18.5 Å². The molecule has 0 unspecified atom stereocenters. The van der Waals surface area contributed by atoms with E-state index in [0.717, 1.165) is 22.2 Å². The van der Waals surface area contributed by atoms with Gasteiger partial charge in [0.15, 0.2) is 0 Å². The SMILES string of the molecule is CCOCc1cn(-c2ccc(C(=O)NNC(=O)c3cccc4cnccc34)cc2)nn1. The number of pyridine rings is 1. The van der Waals surface area contributed by atoms with E-state index in [0.29, 0.717) is 24.3 Å². The molecular formula is C22H20N6O3. The highest BCUT2D eigenvalue weighted by atomic mass is 16.5. The largest absolute Gasteiger partial charge is 0.375 e. The van der Waals surface area contributed by atoms with Gasteiger partial charge in [0.1, 0.15) is 5.69 Å². The monoisotopic (exact) mass is 416 g/mol. The van der Waals surface area contributed by atoms with Crippen LogP contribution >= 0.6 is 0 Å². The van der Waals surface area contributed by atoms with Crippen molar-refractivity contribution in [2.24, 2.45) is 0 Å². The number of rotatable bonds is 6. The van der Waals surface area contributed by atoms with Crippen LogP contribution in [0.1, 0.15) is 33.3 Å². The van der Waals surface area contributed by atoms with E-state index in [1.165, 1.54) is 0 Å². The predicted molar refractivity (Wildman–Crippen MR) is 113 cm³/mol. The van der Waals surface area contributed by atoms with E-state index in [1.54, 1.807) is 65.7 Å². The Bertz CT molecular complexity index is 1210. The maximum Gasteiger partial charge on any atom is 0.270 e. The summed E-state index contributed by atoms with van der Waals surface area (Å²) in [6.45, 7) is 2.91. The average molecular weight is 416 g/mol. The van der Waals surface area contributed by atoms with Crippen molar-refractivity contribution in [2.45, 2.75) is 13.5 Å². The van der Waals surface area contributed by atoms with Gasteiger partial charge in [-0.25, -0.2) is 4.68 Å². The second kappa shape index (κ2) is 9.14. The van der Waals surface area contributed by atoms with E-state index in [9.17, 15) is 9.59 Å². The van der Waals surface area contributed by atoms with Crippen LogP contribution in [0.25, 0.3) is 16.5 Å². The molecule has 0 bridgehead atoms. The minimum Gasteiger partial charge on any atom is -0.375 e. The van der Waals surface area contributed by atoms with Crippen molar-refractivity contribution in [2.75, 3.05) is 6.61 Å². The van der Waals surface area contributed by atoms with E-state index in [1.807, 2.05) is 13.0 Å². The van der Waals surface area contributed by atoms with Crippen molar-refractivity contribution in [3.05, 3.63) is 83.9 Å². The molecule has 0 radical (unpaired) electrons. The average Bonchev–Trinajstić information content (AvgIpc) is 3.29. The van der Waals surface area contributed by atoms with Gasteiger partial charge in [-0.15, -0.1) is 5.10 Å². The number of carbonyl (C=O) groups excluding carboxylic acids is 2. The van der Waals surface area contributed by atoms with Gasteiger partial charge in [0, 0.05) is 35.5 Å². The van der Waals surface area contributed by atoms with Crippen LogP contribution in [-0.4, -0.2) is 38.4 Å². The second-order valence-corrected chi connectivity index (χ2v) is 6.65. The Morgan fingerprint density at radius 2 is 1.84 bits per heavy atom. The molecule has 2 aromatic heterocycles. The van der Waals surface area contributed by atoms with Gasteiger partial charge in [-0.2, -0.15) is 0 Å². The van der Waals surface area contributed by atoms with E-state index >= 15 is 0 Å². The summed E-state index contributed by atoms with van der Waals surface area (Å²) in [6.07, 6.45) is 5.07. The fourth-order valence-corrected chi connectivity index (χ4v) is 3.04. The van der Waals surface area contributed by atoms with Gasteiger partial charge in [0.25, 0.3) is 11.8 Å². The number of carbonyl (C=O) groups is 2. The molecule has 2 heterocycles. The quantitative estimate of drug-likeness (QED) is 0.467. The van der Waals surface area contributed by atoms with Crippen LogP contribution in [0.2, 0.25) is 0 Å². The molecule has 0 aliphatic carbocycles. The Morgan fingerprint density at radius 1 is 1.03 bits per heavy atom. The molecular weight excluding hydrogens is 396 g/mol. The highest BCUT2D eigenvalue weighted by Gasteiger charge is 2.12. The van der Waals surface area contributed by atoms with Crippen molar-refractivity contribution in [1.82, 2.24) is 30.8 Å². The number of nitrogens with one attached hydrogen (secondary N) is 2. The molecule has 156 valence electrons. The first kappa shape index (κ1) is 20.2. The molecule has 9 heteroatoms. The van der Waals surface area contributed by atoms with Crippen LogP contribution in [0.15, 0.2) is 67.1 Å². The zero-order chi connectivity index (χ0) is 21.6. The highest BCUT2D eigenvalue weighted by Crippen LogP contribution is 2.17. The number of ether oxygens (including phenoxy) is 1. The lowest BCUT2D eigenvalue weighted by atomic mass is 10.1. The van der Waals surface area contributed by atoms with Crippen molar-refractivity contribution in [3.8, 4) is 5.69 Å². The van der Waals surface area contributed by atoms with Crippen LogP contribution in [0.3, 0.4) is 0 Å². The summed E-state index contributed by atoms with van der Waals surface area (Å²) in [4.78, 5) is 29.0. The van der Waals surface area contributed by atoms with Gasteiger partial charge in [0.2, 0.25) is 0 Å². The summed E-state index contributed by atoms with van der Waals surface area (Å²) in [5.74, 6) is -0.844. The molecule has 0 spiro atoms. The number of hydrogen-bond donors (Lipinski definition) is 2. The molecule has 0 aliphatic rings. The fourth-order valence-electron chi connectivity index (χ4n) is 3.04. The number of nitrogens with zero attached hydrogens (tertiary/aromatic N) is 4.